The van der Waals surface area contributed by atoms with Crippen LogP contribution >= 0.6 is 0 Å². The molecule has 0 aliphatic carbocycles. The van der Waals surface area contributed by atoms with Crippen LogP contribution in [0.1, 0.15) is 30.4 Å². The standard InChI is InChI=1S/C29H24N4O2/c1-2-29(21-3-11-25(12-4-21)34-27-15-7-23(8-16-27)32-19-30)22-5-13-26(14-6-22)35-28-17-9-24(10-18-28)33-20-31/h3-18,29,32-33H,2H2,1H3. The summed E-state index contributed by atoms with van der Waals surface area (Å²) in [6.07, 6.45) is 4.76. The van der Waals surface area contributed by atoms with Crippen molar-refractivity contribution in [1.82, 2.24) is 0 Å². The summed E-state index contributed by atoms with van der Waals surface area (Å²) in [4.78, 5) is 0. The molecule has 2 N–H and O–H groups in total. The third-order valence-electron chi connectivity index (χ3n) is 5.55. The number of rotatable bonds is 9. The van der Waals surface area contributed by atoms with Crippen LogP contribution in [0.4, 0.5) is 11.4 Å². The van der Waals surface area contributed by atoms with E-state index in [-0.39, 0.29) is 5.92 Å². The first-order valence-electron chi connectivity index (χ1n) is 11.2. The Hall–Kier alpha value is -4.94. The van der Waals surface area contributed by atoms with Gasteiger partial charge in [-0.25, -0.2) is 0 Å². The van der Waals surface area contributed by atoms with Crippen molar-refractivity contribution < 1.29 is 9.47 Å². The van der Waals surface area contributed by atoms with E-state index >= 15 is 0 Å². The van der Waals surface area contributed by atoms with Crippen LogP contribution in [-0.2, 0) is 0 Å². The predicted molar refractivity (Wildman–Crippen MR) is 137 cm³/mol. The van der Waals surface area contributed by atoms with Crippen molar-refractivity contribution in [3.63, 3.8) is 0 Å². The third-order valence-corrected chi connectivity index (χ3v) is 5.55. The van der Waals surface area contributed by atoms with Crippen molar-refractivity contribution in [3.8, 4) is 35.4 Å². The molecule has 0 aliphatic rings. The first-order valence-corrected chi connectivity index (χ1v) is 11.2. The average molecular weight is 461 g/mol. The minimum atomic E-state index is 0.255. The average Bonchev–Trinajstić information content (AvgIpc) is 2.89. The summed E-state index contributed by atoms with van der Waals surface area (Å²) in [7, 11) is 0. The Bertz CT molecular complexity index is 1210. The van der Waals surface area contributed by atoms with Gasteiger partial charge in [0.15, 0.2) is 12.4 Å². The molecule has 0 fully saturated rings. The number of anilines is 2. The van der Waals surface area contributed by atoms with Gasteiger partial charge in [0.25, 0.3) is 0 Å². The third kappa shape index (κ3) is 6.10. The van der Waals surface area contributed by atoms with E-state index in [0.717, 1.165) is 29.3 Å². The molecule has 0 heterocycles. The van der Waals surface area contributed by atoms with E-state index in [4.69, 9.17) is 20.0 Å². The molecule has 0 aromatic heterocycles. The Morgan fingerprint density at radius 1 is 0.571 bits per heavy atom. The molecule has 35 heavy (non-hydrogen) atoms. The summed E-state index contributed by atoms with van der Waals surface area (Å²) in [5.74, 6) is 3.18. The molecule has 6 heteroatoms. The molecule has 4 rings (SSSR count). The number of nitrogens with zero attached hydrogens (tertiary/aromatic N) is 2. The molecule has 4 aromatic carbocycles. The smallest absolute Gasteiger partial charge is 0.181 e. The van der Waals surface area contributed by atoms with Gasteiger partial charge < -0.3 is 9.47 Å². The quantitative estimate of drug-likeness (QED) is 0.197. The fourth-order valence-corrected chi connectivity index (χ4v) is 3.81. The largest absolute Gasteiger partial charge is 0.457 e. The van der Waals surface area contributed by atoms with E-state index in [9.17, 15) is 0 Å². The van der Waals surface area contributed by atoms with Crippen molar-refractivity contribution in [3.05, 3.63) is 108 Å². The van der Waals surface area contributed by atoms with Crippen molar-refractivity contribution in [2.75, 3.05) is 10.6 Å². The lowest BCUT2D eigenvalue weighted by molar-refractivity contribution is 0.482. The van der Waals surface area contributed by atoms with Crippen molar-refractivity contribution in [1.29, 1.82) is 10.5 Å². The Balaban J connectivity index is 1.40. The predicted octanol–water partition coefficient (Wildman–Crippen LogP) is 7.60. The summed E-state index contributed by atoms with van der Waals surface area (Å²) < 4.78 is 11.9. The topological polar surface area (TPSA) is 90.1 Å². The summed E-state index contributed by atoms with van der Waals surface area (Å²) in [5, 5.41) is 22.6. The van der Waals surface area contributed by atoms with E-state index in [1.165, 1.54) is 11.1 Å². The van der Waals surface area contributed by atoms with Crippen LogP contribution in [0, 0.1) is 22.9 Å². The molecule has 6 nitrogen and oxygen atoms in total. The maximum absolute atomic E-state index is 8.69. The van der Waals surface area contributed by atoms with Gasteiger partial charge >= 0.3 is 0 Å². The van der Waals surface area contributed by atoms with Crippen molar-refractivity contribution in [2.45, 2.75) is 19.3 Å². The second kappa shape index (κ2) is 11.3. The second-order valence-corrected chi connectivity index (χ2v) is 7.83. The SMILES string of the molecule is CCC(c1ccc(Oc2ccc(NC#N)cc2)cc1)c1ccc(Oc2ccc(NC#N)cc2)cc1. The van der Waals surface area contributed by atoms with Crippen LogP contribution < -0.4 is 20.1 Å². The van der Waals surface area contributed by atoms with Gasteiger partial charge in [0.1, 0.15) is 23.0 Å². The first-order chi connectivity index (χ1) is 17.2. The first kappa shape index (κ1) is 23.2. The lowest BCUT2D eigenvalue weighted by Crippen LogP contribution is -2.00. The Kier molecular flexibility index (Phi) is 7.48. The zero-order valence-electron chi connectivity index (χ0n) is 19.2. The Morgan fingerprint density at radius 3 is 1.17 bits per heavy atom. The molecule has 0 spiro atoms. The molecule has 0 radical (unpaired) electrons. The summed E-state index contributed by atoms with van der Waals surface area (Å²) in [6.45, 7) is 2.17. The molecule has 0 saturated heterocycles. The van der Waals surface area contributed by atoms with Gasteiger partial charge in [-0.3, -0.25) is 10.6 Å². The lowest BCUT2D eigenvalue weighted by atomic mass is 9.89. The normalized spacial score (nSPS) is 10.2. The maximum Gasteiger partial charge on any atom is 0.181 e. The highest BCUT2D eigenvalue weighted by Gasteiger charge is 2.13. The van der Waals surface area contributed by atoms with Gasteiger partial charge in [-0.1, -0.05) is 31.2 Å². The van der Waals surface area contributed by atoms with Gasteiger partial charge in [-0.15, -0.1) is 0 Å². The highest BCUT2D eigenvalue weighted by Crippen LogP contribution is 2.32. The Labute approximate surface area is 205 Å². The van der Waals surface area contributed by atoms with E-state index < -0.39 is 0 Å². The fraction of sp³-hybridized carbons (Fsp3) is 0.103. The van der Waals surface area contributed by atoms with Gasteiger partial charge in [0.05, 0.1) is 0 Å². The minimum Gasteiger partial charge on any atom is -0.457 e. The molecule has 0 saturated carbocycles. The van der Waals surface area contributed by atoms with Crippen molar-refractivity contribution >= 4 is 11.4 Å². The molecule has 4 aromatic rings. The van der Waals surface area contributed by atoms with Gasteiger partial charge in [0, 0.05) is 17.3 Å². The molecule has 0 amide bonds. The number of nitrogens with one attached hydrogen (secondary N) is 2. The number of hydrogen-bond acceptors (Lipinski definition) is 6. The van der Waals surface area contributed by atoms with Gasteiger partial charge in [-0.05, 0) is 90.3 Å². The number of ether oxygens (including phenoxy) is 2. The van der Waals surface area contributed by atoms with E-state index in [0.29, 0.717) is 11.5 Å². The number of hydrogen-bond donors (Lipinski definition) is 2. The minimum absolute atomic E-state index is 0.255. The molecule has 0 unspecified atom stereocenters. The maximum atomic E-state index is 8.69. The highest BCUT2D eigenvalue weighted by molar-refractivity contribution is 5.51. The highest BCUT2D eigenvalue weighted by atomic mass is 16.5. The molecule has 0 atom stereocenters. The molecule has 0 aliphatic heterocycles. The van der Waals surface area contributed by atoms with E-state index in [1.54, 1.807) is 24.3 Å². The molecule has 0 bridgehead atoms. The summed E-state index contributed by atoms with van der Waals surface area (Å²) >= 11 is 0. The monoisotopic (exact) mass is 460 g/mol. The second-order valence-electron chi connectivity index (χ2n) is 7.83. The van der Waals surface area contributed by atoms with E-state index in [2.05, 4.69) is 41.8 Å². The number of benzene rings is 4. The van der Waals surface area contributed by atoms with Crippen LogP contribution in [0.2, 0.25) is 0 Å². The van der Waals surface area contributed by atoms with Crippen LogP contribution in [0.3, 0.4) is 0 Å². The van der Waals surface area contributed by atoms with Gasteiger partial charge in [-0.2, -0.15) is 10.5 Å². The zero-order valence-corrected chi connectivity index (χ0v) is 19.2. The van der Waals surface area contributed by atoms with Crippen LogP contribution in [-0.4, -0.2) is 0 Å². The molecule has 172 valence electrons. The van der Waals surface area contributed by atoms with Gasteiger partial charge in [0.2, 0.25) is 0 Å². The lowest BCUT2D eigenvalue weighted by Gasteiger charge is -2.17. The van der Waals surface area contributed by atoms with E-state index in [1.807, 2.05) is 60.9 Å². The van der Waals surface area contributed by atoms with Crippen LogP contribution in [0.25, 0.3) is 0 Å². The molecular weight excluding hydrogens is 436 g/mol. The van der Waals surface area contributed by atoms with Crippen molar-refractivity contribution in [2.24, 2.45) is 0 Å². The Morgan fingerprint density at radius 2 is 0.886 bits per heavy atom. The summed E-state index contributed by atoms with van der Waals surface area (Å²) in [5.41, 5.74) is 3.87. The van der Waals surface area contributed by atoms with Crippen LogP contribution in [0.15, 0.2) is 97.1 Å². The number of nitriles is 2. The zero-order chi connectivity index (χ0) is 24.5. The fourth-order valence-electron chi connectivity index (χ4n) is 3.81. The van der Waals surface area contributed by atoms with Crippen LogP contribution in [0.5, 0.6) is 23.0 Å². The molecular formula is C29H24N4O2. The summed E-state index contributed by atoms with van der Waals surface area (Å²) in [6, 6.07) is 30.8.